The summed E-state index contributed by atoms with van der Waals surface area (Å²) in [7, 11) is 0. The van der Waals surface area contributed by atoms with Crippen molar-refractivity contribution in [2.24, 2.45) is 0 Å². The fraction of sp³-hybridized carbons (Fsp3) is 1.00. The van der Waals surface area contributed by atoms with E-state index < -0.39 is 0 Å². The van der Waals surface area contributed by atoms with E-state index in [-0.39, 0.29) is 0 Å². The third-order valence-corrected chi connectivity index (χ3v) is 6.83. The second-order valence-corrected chi connectivity index (χ2v) is 8.06. The first-order chi connectivity index (χ1) is 7.00. The molecule has 0 spiro atoms. The molecule has 4 heteroatoms. The smallest absolute Gasteiger partial charge is 0.00238 e. The summed E-state index contributed by atoms with van der Waals surface area (Å²) in [6, 6.07) is 0. The van der Waals surface area contributed by atoms with Gasteiger partial charge in [-0.05, 0) is 24.3 Å². The summed E-state index contributed by atoms with van der Waals surface area (Å²) >= 11 is 8.55. The van der Waals surface area contributed by atoms with E-state index in [4.69, 9.17) is 0 Å². The molecule has 0 aromatic carbocycles. The van der Waals surface area contributed by atoms with Crippen LogP contribution in [0.5, 0.6) is 0 Å². The lowest BCUT2D eigenvalue weighted by molar-refractivity contribution is 0.907. The van der Waals surface area contributed by atoms with Crippen molar-refractivity contribution in [3.8, 4) is 0 Å². The molecule has 1 heterocycles. The molecule has 0 nitrogen and oxygen atoms in total. The van der Waals surface area contributed by atoms with Gasteiger partial charge in [0.25, 0.3) is 0 Å². The van der Waals surface area contributed by atoms with Crippen LogP contribution in [0.3, 0.4) is 0 Å². The average molecular weight is 269 g/mol. The highest BCUT2D eigenvalue weighted by Gasteiger charge is 1.96. The highest BCUT2D eigenvalue weighted by molar-refractivity contribution is 8.05. The number of thioether (sulfide) groups is 4. The van der Waals surface area contributed by atoms with Crippen LogP contribution in [0.2, 0.25) is 0 Å². The lowest BCUT2D eigenvalue weighted by Gasteiger charge is -2.05. The van der Waals surface area contributed by atoms with Crippen molar-refractivity contribution in [1.82, 2.24) is 0 Å². The third-order valence-electron chi connectivity index (χ3n) is 1.94. The van der Waals surface area contributed by atoms with Crippen molar-refractivity contribution in [1.29, 1.82) is 0 Å². The maximum Gasteiger partial charge on any atom is 0.00238 e. The molecule has 0 aromatic heterocycles. The number of hydrogen-bond acceptors (Lipinski definition) is 4. The molecule has 1 aliphatic rings. The van der Waals surface area contributed by atoms with E-state index in [1.54, 1.807) is 0 Å². The highest BCUT2D eigenvalue weighted by Crippen LogP contribution is 2.15. The lowest BCUT2D eigenvalue weighted by Crippen LogP contribution is -1.95. The Morgan fingerprint density at radius 3 is 1.00 bits per heavy atom. The van der Waals surface area contributed by atoms with Crippen molar-refractivity contribution in [2.45, 2.75) is 12.8 Å². The molecule has 0 amide bonds. The Kier molecular flexibility index (Phi) is 10.5. The first-order valence-corrected chi connectivity index (χ1v) is 9.93. The molecule has 14 heavy (non-hydrogen) atoms. The summed E-state index contributed by atoms with van der Waals surface area (Å²) < 4.78 is 0. The summed E-state index contributed by atoms with van der Waals surface area (Å²) in [5, 5.41) is 0. The van der Waals surface area contributed by atoms with E-state index in [9.17, 15) is 0 Å². The van der Waals surface area contributed by atoms with Gasteiger partial charge in [0.15, 0.2) is 0 Å². The van der Waals surface area contributed by atoms with Gasteiger partial charge in [-0.2, -0.15) is 47.0 Å². The molecular formula is C10H20S4. The van der Waals surface area contributed by atoms with Crippen molar-refractivity contribution < 1.29 is 0 Å². The monoisotopic (exact) mass is 268 g/mol. The minimum Gasteiger partial charge on any atom is -0.161 e. The van der Waals surface area contributed by atoms with Crippen LogP contribution in [0.25, 0.3) is 0 Å². The summed E-state index contributed by atoms with van der Waals surface area (Å²) in [6.07, 6.45) is 2.85. The molecule has 0 atom stereocenters. The van der Waals surface area contributed by atoms with Crippen LogP contribution in [-0.2, 0) is 0 Å². The van der Waals surface area contributed by atoms with Gasteiger partial charge in [0.05, 0.1) is 0 Å². The minimum absolute atomic E-state index is 1.36. The van der Waals surface area contributed by atoms with Gasteiger partial charge in [-0.25, -0.2) is 0 Å². The first-order valence-electron chi connectivity index (χ1n) is 5.31. The topological polar surface area (TPSA) is 0 Å². The van der Waals surface area contributed by atoms with E-state index in [0.717, 1.165) is 0 Å². The first kappa shape index (κ1) is 13.5. The quantitative estimate of drug-likeness (QED) is 0.656. The molecule has 1 saturated heterocycles. The van der Waals surface area contributed by atoms with Gasteiger partial charge in [0.2, 0.25) is 0 Å². The Labute approximate surface area is 106 Å². The number of hydrogen-bond donors (Lipinski definition) is 0. The van der Waals surface area contributed by atoms with Crippen molar-refractivity contribution in [3.05, 3.63) is 0 Å². The van der Waals surface area contributed by atoms with Crippen molar-refractivity contribution in [2.75, 3.05) is 46.0 Å². The van der Waals surface area contributed by atoms with Crippen molar-refractivity contribution >= 4 is 47.0 Å². The molecule has 0 radical (unpaired) electrons. The van der Waals surface area contributed by atoms with Crippen LogP contribution < -0.4 is 0 Å². The van der Waals surface area contributed by atoms with Crippen LogP contribution >= 0.6 is 47.0 Å². The van der Waals surface area contributed by atoms with Gasteiger partial charge >= 0.3 is 0 Å². The van der Waals surface area contributed by atoms with Gasteiger partial charge in [0.1, 0.15) is 0 Å². The van der Waals surface area contributed by atoms with Gasteiger partial charge in [-0.15, -0.1) is 0 Å². The summed E-state index contributed by atoms with van der Waals surface area (Å²) in [4.78, 5) is 0. The second-order valence-electron chi connectivity index (χ2n) is 3.16. The molecule has 0 bridgehead atoms. The Hall–Kier alpha value is 1.40. The molecular weight excluding hydrogens is 248 g/mol. The fourth-order valence-electron chi connectivity index (χ4n) is 1.17. The van der Waals surface area contributed by atoms with Crippen LogP contribution in [0, 0.1) is 0 Å². The maximum absolute atomic E-state index is 2.14. The molecule has 0 unspecified atom stereocenters. The highest BCUT2D eigenvalue weighted by atomic mass is 32.2. The Morgan fingerprint density at radius 2 is 0.643 bits per heavy atom. The van der Waals surface area contributed by atoms with Crippen LogP contribution in [-0.4, -0.2) is 46.0 Å². The Balaban J connectivity index is 2.00. The predicted octanol–water partition coefficient (Wildman–Crippen LogP) is 3.71. The zero-order chi connectivity index (χ0) is 9.90. The molecule has 0 aliphatic carbocycles. The zero-order valence-electron chi connectivity index (χ0n) is 8.70. The molecule has 0 aromatic rings. The summed E-state index contributed by atoms with van der Waals surface area (Å²) in [6.45, 7) is 0. The largest absolute Gasteiger partial charge is 0.161 e. The molecule has 1 fully saturated rings. The van der Waals surface area contributed by atoms with Crippen molar-refractivity contribution in [3.63, 3.8) is 0 Å². The summed E-state index contributed by atoms with van der Waals surface area (Å²) in [5.74, 6) is 10.9. The van der Waals surface area contributed by atoms with Gasteiger partial charge in [0, 0.05) is 34.5 Å². The van der Waals surface area contributed by atoms with Crippen LogP contribution in [0.15, 0.2) is 0 Å². The molecule has 1 aliphatic heterocycles. The SMILES string of the molecule is C1CCSCCSCCSCCSC1. The number of rotatable bonds is 0. The van der Waals surface area contributed by atoms with E-state index in [0.29, 0.717) is 0 Å². The standard InChI is InChI=1S/C10H20S4/c1-2-4-12-6-8-14-10-9-13-7-5-11-3-1/h1-10H2. The fourth-order valence-corrected chi connectivity index (χ4v) is 5.63. The third kappa shape index (κ3) is 8.69. The zero-order valence-corrected chi connectivity index (χ0v) is 12.0. The van der Waals surface area contributed by atoms with E-state index >= 15 is 0 Å². The molecule has 84 valence electrons. The van der Waals surface area contributed by atoms with Crippen LogP contribution in [0.4, 0.5) is 0 Å². The predicted molar refractivity (Wildman–Crippen MR) is 78.5 cm³/mol. The van der Waals surface area contributed by atoms with Crippen LogP contribution in [0.1, 0.15) is 12.8 Å². The minimum atomic E-state index is 1.36. The van der Waals surface area contributed by atoms with Gasteiger partial charge in [-0.1, -0.05) is 0 Å². The molecule has 1 rings (SSSR count). The van der Waals surface area contributed by atoms with Gasteiger partial charge in [-0.3, -0.25) is 0 Å². The van der Waals surface area contributed by atoms with E-state index in [1.165, 1.54) is 58.9 Å². The maximum atomic E-state index is 2.14. The normalized spacial score (nSPS) is 24.0. The molecule has 0 N–H and O–H groups in total. The summed E-state index contributed by atoms with van der Waals surface area (Å²) in [5.41, 5.74) is 0. The Bertz CT molecular complexity index is 65.4. The average Bonchev–Trinajstić information content (AvgIpc) is 2.22. The van der Waals surface area contributed by atoms with Gasteiger partial charge < -0.3 is 0 Å². The second kappa shape index (κ2) is 10.9. The Morgan fingerprint density at radius 1 is 0.357 bits per heavy atom. The van der Waals surface area contributed by atoms with E-state index in [2.05, 4.69) is 47.0 Å². The van der Waals surface area contributed by atoms with E-state index in [1.807, 2.05) is 0 Å². The lowest BCUT2D eigenvalue weighted by atomic mass is 10.4. The molecule has 0 saturated carbocycles.